The standard InChI is InChI=1S/C22H32O4Si/c1-23-18(17-10-8-9-11-21(17)27(5,6)7)13-12-16-14-19(24-2)22(26-4)20(15-16)25-3/h8-11,14-15,18H,12-13H2,1-7H3. The molecule has 2 rings (SSSR count). The van der Waals surface area contributed by atoms with Crippen LogP contribution in [0.3, 0.4) is 0 Å². The SMILES string of the molecule is COc1cc(CCC(OC)c2ccccc2[Si](C)(C)C)cc(OC)c1OC. The van der Waals surface area contributed by atoms with E-state index in [4.69, 9.17) is 18.9 Å². The van der Waals surface area contributed by atoms with Crippen LogP contribution in [-0.4, -0.2) is 36.5 Å². The molecule has 0 aromatic heterocycles. The molecule has 0 fully saturated rings. The van der Waals surface area contributed by atoms with Crippen molar-refractivity contribution >= 4 is 13.3 Å². The van der Waals surface area contributed by atoms with E-state index >= 15 is 0 Å². The lowest BCUT2D eigenvalue weighted by Gasteiger charge is -2.26. The molecule has 0 saturated carbocycles. The van der Waals surface area contributed by atoms with Gasteiger partial charge in [0.25, 0.3) is 0 Å². The molecule has 1 atom stereocenters. The summed E-state index contributed by atoms with van der Waals surface area (Å²) in [5.74, 6) is 1.99. The van der Waals surface area contributed by atoms with Gasteiger partial charge in [-0.3, -0.25) is 0 Å². The molecule has 2 aromatic rings. The van der Waals surface area contributed by atoms with Crippen LogP contribution in [-0.2, 0) is 11.2 Å². The quantitative estimate of drug-likeness (QED) is 0.589. The summed E-state index contributed by atoms with van der Waals surface area (Å²) in [4.78, 5) is 0. The second-order valence-electron chi connectivity index (χ2n) is 7.63. The zero-order valence-corrected chi connectivity index (χ0v) is 18.6. The van der Waals surface area contributed by atoms with Crippen LogP contribution in [0.25, 0.3) is 0 Å². The minimum absolute atomic E-state index is 0.0621. The molecule has 27 heavy (non-hydrogen) atoms. The van der Waals surface area contributed by atoms with Gasteiger partial charge in [-0.2, -0.15) is 0 Å². The van der Waals surface area contributed by atoms with Crippen molar-refractivity contribution in [1.29, 1.82) is 0 Å². The predicted molar refractivity (Wildman–Crippen MR) is 114 cm³/mol. The van der Waals surface area contributed by atoms with E-state index in [-0.39, 0.29) is 6.10 Å². The number of benzene rings is 2. The van der Waals surface area contributed by atoms with Crippen LogP contribution in [0.1, 0.15) is 23.7 Å². The number of aryl methyl sites for hydroxylation is 1. The minimum Gasteiger partial charge on any atom is -0.493 e. The highest BCUT2D eigenvalue weighted by atomic mass is 28.3. The Balaban J connectivity index is 2.27. The molecular formula is C22H32O4Si. The molecule has 0 radical (unpaired) electrons. The molecule has 0 spiro atoms. The predicted octanol–water partition coefficient (Wildman–Crippen LogP) is 4.58. The van der Waals surface area contributed by atoms with Gasteiger partial charge >= 0.3 is 0 Å². The third-order valence-electron chi connectivity index (χ3n) is 4.82. The largest absolute Gasteiger partial charge is 0.493 e. The van der Waals surface area contributed by atoms with E-state index in [1.54, 1.807) is 28.4 Å². The van der Waals surface area contributed by atoms with Crippen LogP contribution in [0, 0.1) is 0 Å². The number of hydrogen-bond donors (Lipinski definition) is 0. The van der Waals surface area contributed by atoms with Gasteiger partial charge in [-0.1, -0.05) is 49.1 Å². The van der Waals surface area contributed by atoms with Crippen molar-refractivity contribution in [2.24, 2.45) is 0 Å². The highest BCUT2D eigenvalue weighted by molar-refractivity contribution is 6.89. The lowest BCUT2D eigenvalue weighted by molar-refractivity contribution is 0.0966. The third-order valence-corrected chi connectivity index (χ3v) is 6.89. The van der Waals surface area contributed by atoms with Crippen molar-refractivity contribution in [3.8, 4) is 17.2 Å². The van der Waals surface area contributed by atoms with Gasteiger partial charge in [-0.25, -0.2) is 0 Å². The summed E-state index contributed by atoms with van der Waals surface area (Å²) >= 11 is 0. The topological polar surface area (TPSA) is 36.9 Å². The second-order valence-corrected chi connectivity index (χ2v) is 12.7. The van der Waals surface area contributed by atoms with Crippen LogP contribution >= 0.6 is 0 Å². The van der Waals surface area contributed by atoms with E-state index in [2.05, 4.69) is 43.9 Å². The maximum absolute atomic E-state index is 5.89. The molecule has 148 valence electrons. The van der Waals surface area contributed by atoms with Gasteiger partial charge < -0.3 is 18.9 Å². The van der Waals surface area contributed by atoms with Gasteiger partial charge in [0.1, 0.15) is 0 Å². The highest BCUT2D eigenvalue weighted by Crippen LogP contribution is 2.39. The van der Waals surface area contributed by atoms with Crippen molar-refractivity contribution < 1.29 is 18.9 Å². The molecule has 0 aliphatic carbocycles. The highest BCUT2D eigenvalue weighted by Gasteiger charge is 2.24. The van der Waals surface area contributed by atoms with E-state index in [0.717, 1.165) is 18.4 Å². The summed E-state index contributed by atoms with van der Waals surface area (Å²) in [6.07, 6.45) is 1.80. The number of hydrogen-bond acceptors (Lipinski definition) is 4. The Bertz CT molecular complexity index is 727. The van der Waals surface area contributed by atoms with Gasteiger partial charge in [0.15, 0.2) is 11.5 Å². The third kappa shape index (κ3) is 5.05. The summed E-state index contributed by atoms with van der Waals surface area (Å²) < 4.78 is 22.2. The molecule has 0 aliphatic heterocycles. The van der Waals surface area contributed by atoms with Crippen LogP contribution < -0.4 is 19.4 Å². The molecule has 2 aromatic carbocycles. The van der Waals surface area contributed by atoms with Crippen LogP contribution in [0.4, 0.5) is 0 Å². The lowest BCUT2D eigenvalue weighted by Crippen LogP contribution is -2.41. The molecule has 0 N–H and O–H groups in total. The van der Waals surface area contributed by atoms with E-state index in [0.29, 0.717) is 17.2 Å². The molecular weight excluding hydrogens is 356 g/mol. The first kappa shape index (κ1) is 21.3. The van der Waals surface area contributed by atoms with Gasteiger partial charge in [0, 0.05) is 7.11 Å². The molecule has 0 aliphatic rings. The summed E-state index contributed by atoms with van der Waals surface area (Å²) in [5, 5.41) is 1.46. The first-order chi connectivity index (χ1) is 12.8. The van der Waals surface area contributed by atoms with Gasteiger partial charge in [0.05, 0.1) is 35.5 Å². The van der Waals surface area contributed by atoms with E-state index in [1.165, 1.54) is 10.8 Å². The second kappa shape index (κ2) is 9.29. The smallest absolute Gasteiger partial charge is 0.203 e. The Kier molecular flexibility index (Phi) is 7.33. The summed E-state index contributed by atoms with van der Waals surface area (Å²) in [7, 11) is 5.25. The maximum Gasteiger partial charge on any atom is 0.203 e. The van der Waals surface area contributed by atoms with E-state index in [9.17, 15) is 0 Å². The number of ether oxygens (including phenoxy) is 4. The number of rotatable bonds is 9. The average Bonchev–Trinajstić information content (AvgIpc) is 2.67. The average molecular weight is 389 g/mol. The van der Waals surface area contributed by atoms with Crippen molar-refractivity contribution in [2.75, 3.05) is 28.4 Å². The Morgan fingerprint density at radius 1 is 0.852 bits per heavy atom. The molecule has 4 nitrogen and oxygen atoms in total. The summed E-state index contributed by atoms with van der Waals surface area (Å²) in [6.45, 7) is 7.12. The van der Waals surface area contributed by atoms with Crippen molar-refractivity contribution in [3.63, 3.8) is 0 Å². The normalized spacial score (nSPS) is 12.6. The Morgan fingerprint density at radius 3 is 1.93 bits per heavy atom. The first-order valence-corrected chi connectivity index (χ1v) is 12.8. The van der Waals surface area contributed by atoms with Crippen molar-refractivity contribution in [2.45, 2.75) is 38.6 Å². The fraction of sp³-hybridized carbons (Fsp3) is 0.455. The van der Waals surface area contributed by atoms with Gasteiger partial charge in [0.2, 0.25) is 5.75 Å². The van der Waals surface area contributed by atoms with Gasteiger partial charge in [-0.05, 0) is 36.1 Å². The van der Waals surface area contributed by atoms with Gasteiger partial charge in [-0.15, -0.1) is 0 Å². The molecule has 1 unspecified atom stereocenters. The van der Waals surface area contributed by atoms with E-state index in [1.807, 2.05) is 12.1 Å². The van der Waals surface area contributed by atoms with Crippen molar-refractivity contribution in [3.05, 3.63) is 47.5 Å². The Hall–Kier alpha value is -1.98. The van der Waals surface area contributed by atoms with Crippen LogP contribution in [0.2, 0.25) is 19.6 Å². The lowest BCUT2D eigenvalue weighted by atomic mass is 10.0. The van der Waals surface area contributed by atoms with Crippen molar-refractivity contribution in [1.82, 2.24) is 0 Å². The van der Waals surface area contributed by atoms with Crippen LogP contribution in [0.5, 0.6) is 17.2 Å². The Labute approximate surface area is 164 Å². The molecule has 0 heterocycles. The molecule has 0 bridgehead atoms. The first-order valence-electron chi connectivity index (χ1n) is 9.26. The summed E-state index contributed by atoms with van der Waals surface area (Å²) in [5.41, 5.74) is 2.45. The van der Waals surface area contributed by atoms with Crippen LogP contribution in [0.15, 0.2) is 36.4 Å². The fourth-order valence-electron chi connectivity index (χ4n) is 3.44. The molecule has 5 heteroatoms. The molecule has 0 amide bonds. The van der Waals surface area contributed by atoms with E-state index < -0.39 is 8.07 Å². The maximum atomic E-state index is 5.89. The number of methoxy groups -OCH3 is 4. The zero-order chi connectivity index (χ0) is 20.0. The molecule has 0 saturated heterocycles. The fourth-order valence-corrected chi connectivity index (χ4v) is 5.15. The monoisotopic (exact) mass is 388 g/mol. The Morgan fingerprint density at radius 2 is 1.44 bits per heavy atom. The minimum atomic E-state index is -1.44. The zero-order valence-electron chi connectivity index (χ0n) is 17.6. The summed E-state index contributed by atoms with van der Waals surface area (Å²) in [6, 6.07) is 12.7.